The van der Waals surface area contributed by atoms with Crippen molar-refractivity contribution >= 4 is 23.2 Å². The number of carbonyl (C=O) groups is 2. The number of nitro groups is 1. The molecule has 158 valence electrons. The Morgan fingerprint density at radius 3 is 2.43 bits per heavy atom. The summed E-state index contributed by atoms with van der Waals surface area (Å²) in [5, 5.41) is 10.7. The molecule has 0 unspecified atom stereocenters. The van der Waals surface area contributed by atoms with Gasteiger partial charge in [-0.05, 0) is 36.2 Å². The average Bonchev–Trinajstić information content (AvgIpc) is 3.03. The Bertz CT molecular complexity index is 947. The Morgan fingerprint density at radius 2 is 1.80 bits per heavy atom. The van der Waals surface area contributed by atoms with Crippen LogP contribution in [0.1, 0.15) is 12.0 Å². The lowest BCUT2D eigenvalue weighted by Gasteiger charge is -2.17. The fraction of sp³-hybridized carbons (Fsp3) is 0.300. The van der Waals surface area contributed by atoms with Gasteiger partial charge in [0.05, 0.1) is 25.6 Å². The molecule has 1 aliphatic heterocycles. The van der Waals surface area contributed by atoms with E-state index in [2.05, 4.69) is 10.9 Å². The molecule has 2 aromatic rings. The zero-order valence-corrected chi connectivity index (χ0v) is 16.6. The SMILES string of the molecule is COc1ccc(CCN2C(=O)C[C@@H](NNc3ccc([N+](=O)[O-])cc3)C2=O)cc1OC. The fourth-order valence-corrected chi connectivity index (χ4v) is 3.14. The molecule has 10 nitrogen and oxygen atoms in total. The van der Waals surface area contributed by atoms with Crippen molar-refractivity contribution in [1.82, 2.24) is 10.3 Å². The van der Waals surface area contributed by atoms with Crippen LogP contribution in [-0.2, 0) is 16.0 Å². The average molecular weight is 414 g/mol. The van der Waals surface area contributed by atoms with Crippen molar-refractivity contribution in [3.05, 3.63) is 58.1 Å². The van der Waals surface area contributed by atoms with Crippen LogP contribution in [0.15, 0.2) is 42.5 Å². The highest BCUT2D eigenvalue weighted by molar-refractivity contribution is 6.05. The van der Waals surface area contributed by atoms with Gasteiger partial charge in [-0.2, -0.15) is 0 Å². The minimum absolute atomic E-state index is 0.0325. The molecule has 1 heterocycles. The van der Waals surface area contributed by atoms with E-state index in [-0.39, 0.29) is 30.5 Å². The second-order valence-corrected chi connectivity index (χ2v) is 6.65. The lowest BCUT2D eigenvalue weighted by Crippen LogP contribution is -2.41. The lowest BCUT2D eigenvalue weighted by atomic mass is 10.1. The van der Waals surface area contributed by atoms with Gasteiger partial charge in [-0.15, -0.1) is 0 Å². The molecule has 30 heavy (non-hydrogen) atoms. The number of anilines is 1. The van der Waals surface area contributed by atoms with Crippen molar-refractivity contribution in [2.24, 2.45) is 0 Å². The highest BCUT2D eigenvalue weighted by Crippen LogP contribution is 2.28. The molecule has 1 saturated heterocycles. The summed E-state index contributed by atoms with van der Waals surface area (Å²) >= 11 is 0. The van der Waals surface area contributed by atoms with Crippen molar-refractivity contribution in [1.29, 1.82) is 0 Å². The van der Waals surface area contributed by atoms with Gasteiger partial charge in [0.15, 0.2) is 11.5 Å². The van der Waals surface area contributed by atoms with E-state index in [1.807, 2.05) is 12.1 Å². The lowest BCUT2D eigenvalue weighted by molar-refractivity contribution is -0.384. The Kier molecular flexibility index (Phi) is 6.48. The summed E-state index contributed by atoms with van der Waals surface area (Å²) in [4.78, 5) is 36.3. The molecule has 0 spiro atoms. The molecule has 2 aromatic carbocycles. The van der Waals surface area contributed by atoms with Gasteiger partial charge in [-0.1, -0.05) is 6.07 Å². The van der Waals surface area contributed by atoms with Crippen LogP contribution in [0.25, 0.3) is 0 Å². The van der Waals surface area contributed by atoms with E-state index in [4.69, 9.17) is 9.47 Å². The van der Waals surface area contributed by atoms with Gasteiger partial charge >= 0.3 is 0 Å². The third kappa shape index (κ3) is 4.66. The first kappa shape index (κ1) is 21.1. The van der Waals surface area contributed by atoms with Crippen LogP contribution < -0.4 is 20.3 Å². The summed E-state index contributed by atoms with van der Waals surface area (Å²) in [7, 11) is 3.10. The van der Waals surface area contributed by atoms with E-state index < -0.39 is 11.0 Å². The Balaban J connectivity index is 1.56. The van der Waals surface area contributed by atoms with E-state index in [9.17, 15) is 19.7 Å². The van der Waals surface area contributed by atoms with Crippen molar-refractivity contribution < 1.29 is 24.0 Å². The predicted octanol–water partition coefficient (Wildman–Crippen LogP) is 1.90. The van der Waals surface area contributed by atoms with Gasteiger partial charge in [0.25, 0.3) is 5.69 Å². The second-order valence-electron chi connectivity index (χ2n) is 6.65. The molecule has 3 rings (SSSR count). The van der Waals surface area contributed by atoms with Crippen LogP contribution in [0.5, 0.6) is 11.5 Å². The molecule has 0 aliphatic carbocycles. The number of imide groups is 1. The molecule has 0 saturated carbocycles. The smallest absolute Gasteiger partial charge is 0.269 e. The number of nitrogens with one attached hydrogen (secondary N) is 2. The maximum atomic E-state index is 12.6. The largest absolute Gasteiger partial charge is 0.493 e. The number of methoxy groups -OCH3 is 2. The van der Waals surface area contributed by atoms with Gasteiger partial charge < -0.3 is 14.9 Å². The summed E-state index contributed by atoms with van der Waals surface area (Å²) in [5.74, 6) is 0.607. The Morgan fingerprint density at radius 1 is 1.10 bits per heavy atom. The Hall–Kier alpha value is -3.66. The van der Waals surface area contributed by atoms with Gasteiger partial charge in [0.2, 0.25) is 11.8 Å². The molecular weight excluding hydrogens is 392 g/mol. The van der Waals surface area contributed by atoms with Crippen LogP contribution >= 0.6 is 0 Å². The number of ether oxygens (including phenoxy) is 2. The molecule has 10 heteroatoms. The second kappa shape index (κ2) is 9.23. The summed E-state index contributed by atoms with van der Waals surface area (Å²) in [5.41, 5.74) is 7.07. The number of nitrogens with zero attached hydrogens (tertiary/aromatic N) is 2. The van der Waals surface area contributed by atoms with Gasteiger partial charge in [0, 0.05) is 24.4 Å². The molecule has 2 amide bonds. The highest BCUT2D eigenvalue weighted by Gasteiger charge is 2.38. The minimum Gasteiger partial charge on any atom is -0.493 e. The molecule has 0 bridgehead atoms. The number of likely N-dealkylation sites (tertiary alicyclic amines) is 1. The predicted molar refractivity (Wildman–Crippen MR) is 108 cm³/mol. The third-order valence-electron chi connectivity index (χ3n) is 4.78. The molecule has 0 aromatic heterocycles. The molecule has 0 radical (unpaired) electrons. The van der Waals surface area contributed by atoms with Crippen LogP contribution in [0.3, 0.4) is 0 Å². The van der Waals surface area contributed by atoms with Crippen molar-refractivity contribution in [2.75, 3.05) is 26.2 Å². The third-order valence-corrected chi connectivity index (χ3v) is 4.78. The molecule has 1 aliphatic rings. The number of hydrogen-bond donors (Lipinski definition) is 2. The highest BCUT2D eigenvalue weighted by atomic mass is 16.6. The first-order valence-corrected chi connectivity index (χ1v) is 9.24. The van der Waals surface area contributed by atoms with E-state index in [0.29, 0.717) is 23.6 Å². The van der Waals surface area contributed by atoms with Crippen molar-refractivity contribution in [3.8, 4) is 11.5 Å². The van der Waals surface area contributed by atoms with E-state index in [1.165, 1.54) is 29.2 Å². The number of amides is 2. The number of benzene rings is 2. The summed E-state index contributed by atoms with van der Waals surface area (Å²) in [6.45, 7) is 0.253. The summed E-state index contributed by atoms with van der Waals surface area (Å²) in [6, 6.07) is 10.5. The van der Waals surface area contributed by atoms with E-state index >= 15 is 0 Å². The van der Waals surface area contributed by atoms with Crippen LogP contribution in [0.4, 0.5) is 11.4 Å². The zero-order valence-electron chi connectivity index (χ0n) is 16.6. The first-order chi connectivity index (χ1) is 14.4. The minimum atomic E-state index is -0.710. The number of nitro benzene ring substituents is 1. The molecule has 1 fully saturated rings. The number of hydrazine groups is 1. The molecular formula is C20H22N4O6. The topological polar surface area (TPSA) is 123 Å². The molecule has 2 N–H and O–H groups in total. The summed E-state index contributed by atoms with van der Waals surface area (Å²) in [6.07, 6.45) is 0.519. The van der Waals surface area contributed by atoms with Crippen LogP contribution in [0.2, 0.25) is 0 Å². The monoisotopic (exact) mass is 414 g/mol. The fourth-order valence-electron chi connectivity index (χ4n) is 3.14. The number of non-ortho nitro benzene ring substituents is 1. The van der Waals surface area contributed by atoms with Gasteiger partial charge in [0.1, 0.15) is 6.04 Å². The maximum absolute atomic E-state index is 12.6. The van der Waals surface area contributed by atoms with Crippen molar-refractivity contribution in [2.45, 2.75) is 18.9 Å². The number of hydrogen-bond acceptors (Lipinski definition) is 8. The Labute approximate surface area is 172 Å². The van der Waals surface area contributed by atoms with Crippen molar-refractivity contribution in [3.63, 3.8) is 0 Å². The van der Waals surface area contributed by atoms with E-state index in [0.717, 1.165) is 5.56 Å². The normalized spacial score (nSPS) is 15.9. The maximum Gasteiger partial charge on any atom is 0.269 e. The quantitative estimate of drug-likeness (QED) is 0.362. The number of rotatable bonds is 9. The first-order valence-electron chi connectivity index (χ1n) is 9.24. The van der Waals surface area contributed by atoms with Gasteiger partial charge in [-0.3, -0.25) is 24.6 Å². The van der Waals surface area contributed by atoms with Crippen LogP contribution in [0, 0.1) is 10.1 Å². The zero-order chi connectivity index (χ0) is 21.7. The number of carbonyl (C=O) groups excluding carboxylic acids is 2. The van der Waals surface area contributed by atoms with Gasteiger partial charge in [-0.25, -0.2) is 5.43 Å². The van der Waals surface area contributed by atoms with Crippen LogP contribution in [-0.4, -0.2) is 48.4 Å². The summed E-state index contributed by atoms with van der Waals surface area (Å²) < 4.78 is 10.5. The van der Waals surface area contributed by atoms with E-state index in [1.54, 1.807) is 20.3 Å². The standard InChI is InChI=1S/C20H22N4O6/c1-29-17-8-3-13(11-18(17)30-2)9-10-23-19(25)12-16(20(23)26)22-21-14-4-6-15(7-5-14)24(27)28/h3-8,11,16,21-22H,9-10,12H2,1-2H3/t16-/m1/s1. The molecule has 1 atom stereocenters.